The number of rotatable bonds is 10. The lowest BCUT2D eigenvalue weighted by atomic mass is 10.2. The van der Waals surface area contributed by atoms with Crippen molar-refractivity contribution in [3.63, 3.8) is 0 Å². The first kappa shape index (κ1) is 22.3. The third-order valence-corrected chi connectivity index (χ3v) is 5.24. The van der Waals surface area contributed by atoms with Gasteiger partial charge in [0, 0.05) is 23.2 Å². The monoisotopic (exact) mass is 444 g/mol. The molecule has 0 fully saturated rings. The Morgan fingerprint density at radius 3 is 2.50 bits per heavy atom. The van der Waals surface area contributed by atoms with Gasteiger partial charge in [-0.15, -0.1) is 0 Å². The van der Waals surface area contributed by atoms with Crippen LogP contribution in [0.3, 0.4) is 0 Å². The number of hydrazine groups is 1. The third kappa shape index (κ3) is 6.29. The summed E-state index contributed by atoms with van der Waals surface area (Å²) in [5.41, 5.74) is 7.31. The van der Waals surface area contributed by atoms with E-state index in [0.29, 0.717) is 27.9 Å². The molecule has 2 N–H and O–H groups in total. The van der Waals surface area contributed by atoms with Crippen molar-refractivity contribution >= 4 is 46.5 Å². The van der Waals surface area contributed by atoms with Crippen LogP contribution in [0.2, 0.25) is 10.0 Å². The highest BCUT2D eigenvalue weighted by atomic mass is 35.5. The summed E-state index contributed by atoms with van der Waals surface area (Å²) in [4.78, 5) is 4.44. The van der Waals surface area contributed by atoms with E-state index in [1.165, 1.54) is 0 Å². The molecule has 2 aromatic rings. The summed E-state index contributed by atoms with van der Waals surface area (Å²) in [6.07, 6.45) is -1.04. The molecule has 4 nitrogen and oxygen atoms in total. The number of benzene rings is 1. The van der Waals surface area contributed by atoms with Crippen LogP contribution in [0.25, 0.3) is 5.70 Å². The quantitative estimate of drug-likeness (QED) is 0.352. The average molecular weight is 445 g/mol. The van der Waals surface area contributed by atoms with Crippen molar-refractivity contribution in [2.45, 2.75) is 19.9 Å². The topological polar surface area (TPSA) is 40.2 Å². The molecule has 0 aliphatic rings. The van der Waals surface area contributed by atoms with Crippen LogP contribution < -0.4 is 15.2 Å². The van der Waals surface area contributed by atoms with E-state index in [1.54, 1.807) is 24.2 Å². The average Bonchev–Trinajstić information content (AvgIpc) is 2.68. The smallest absolute Gasteiger partial charge is 0.279 e. The van der Waals surface area contributed by atoms with E-state index in [4.69, 9.17) is 23.2 Å². The second kappa shape index (κ2) is 10.5. The summed E-state index contributed by atoms with van der Waals surface area (Å²) in [5, 5.41) is 0.993. The van der Waals surface area contributed by atoms with Gasteiger partial charge in [-0.05, 0) is 42.3 Å². The molecule has 28 heavy (non-hydrogen) atoms. The molecule has 0 amide bonds. The highest BCUT2D eigenvalue weighted by Crippen LogP contribution is 2.31. The molecular formula is C19H20Cl2F2N4S. The molecular weight excluding hydrogens is 425 g/mol. The van der Waals surface area contributed by atoms with E-state index in [-0.39, 0.29) is 0 Å². The van der Waals surface area contributed by atoms with Gasteiger partial charge in [-0.1, -0.05) is 43.3 Å². The summed E-state index contributed by atoms with van der Waals surface area (Å²) in [6, 6.07) is 9.14. The van der Waals surface area contributed by atoms with Gasteiger partial charge in [0.15, 0.2) is 0 Å². The molecule has 2 rings (SSSR count). The fourth-order valence-electron chi connectivity index (χ4n) is 2.13. The normalized spacial score (nSPS) is 10.6. The first-order valence-corrected chi connectivity index (χ1v) is 10.00. The molecule has 1 aromatic heterocycles. The number of hydrogen-bond acceptors (Lipinski definition) is 5. The molecule has 150 valence electrons. The van der Waals surface area contributed by atoms with Gasteiger partial charge in [0.1, 0.15) is 0 Å². The van der Waals surface area contributed by atoms with Gasteiger partial charge < -0.3 is 9.73 Å². The lowest BCUT2D eigenvalue weighted by Gasteiger charge is -2.23. The largest absolute Gasteiger partial charge is 0.310 e. The molecule has 0 saturated heterocycles. The number of aromatic nitrogens is 1. The molecule has 1 aromatic carbocycles. The van der Waals surface area contributed by atoms with Gasteiger partial charge in [-0.25, -0.2) is 8.78 Å². The minimum atomic E-state index is -2.66. The van der Waals surface area contributed by atoms with Gasteiger partial charge in [0.05, 0.1) is 33.7 Å². The van der Waals surface area contributed by atoms with Crippen LogP contribution in [0.4, 0.5) is 14.5 Å². The third-order valence-electron chi connectivity index (χ3n) is 3.59. The van der Waals surface area contributed by atoms with E-state index in [9.17, 15) is 8.78 Å². The van der Waals surface area contributed by atoms with Gasteiger partial charge >= 0.3 is 0 Å². The van der Waals surface area contributed by atoms with Crippen molar-refractivity contribution in [1.29, 1.82) is 0 Å². The number of halogens is 4. The zero-order valence-electron chi connectivity index (χ0n) is 15.2. The Kier molecular flexibility index (Phi) is 8.41. The summed E-state index contributed by atoms with van der Waals surface area (Å²) in [7, 11) is 0. The minimum Gasteiger partial charge on any atom is -0.310 e. The van der Waals surface area contributed by atoms with Crippen LogP contribution in [-0.4, -0.2) is 17.2 Å². The number of nitrogens with one attached hydrogen (secondary N) is 2. The number of hydrogen-bond donors (Lipinski definition) is 2. The second-order valence-electron chi connectivity index (χ2n) is 5.65. The summed E-state index contributed by atoms with van der Waals surface area (Å²) < 4.78 is 27.0. The lowest BCUT2D eigenvalue weighted by Crippen LogP contribution is -2.31. The van der Waals surface area contributed by atoms with E-state index in [1.807, 2.05) is 24.3 Å². The zero-order chi connectivity index (χ0) is 20.7. The number of alkyl halides is 2. The minimum absolute atomic E-state index is 0.408. The molecule has 1 heterocycles. The Morgan fingerprint density at radius 2 is 1.93 bits per heavy atom. The zero-order valence-corrected chi connectivity index (χ0v) is 17.5. The van der Waals surface area contributed by atoms with Gasteiger partial charge in [-0.3, -0.25) is 10.4 Å². The summed E-state index contributed by atoms with van der Waals surface area (Å²) in [5.74, 6) is 0.874. The fraction of sp³-hybridized carbons (Fsp3) is 0.211. The molecule has 0 unspecified atom stereocenters. The molecule has 0 spiro atoms. The van der Waals surface area contributed by atoms with E-state index < -0.39 is 12.1 Å². The van der Waals surface area contributed by atoms with Crippen LogP contribution in [-0.2, 0) is 6.54 Å². The fourth-order valence-corrected chi connectivity index (χ4v) is 3.22. The lowest BCUT2D eigenvalue weighted by molar-refractivity contribution is 0.179. The summed E-state index contributed by atoms with van der Waals surface area (Å²) >= 11 is 13.8. The van der Waals surface area contributed by atoms with Crippen LogP contribution in [0.15, 0.2) is 55.4 Å². The molecule has 9 heteroatoms. The van der Waals surface area contributed by atoms with Crippen molar-refractivity contribution in [2.75, 3.05) is 10.1 Å². The van der Waals surface area contributed by atoms with Crippen LogP contribution in [0.1, 0.15) is 18.2 Å². The molecule has 0 radical (unpaired) electrons. The van der Waals surface area contributed by atoms with Crippen LogP contribution in [0.5, 0.6) is 0 Å². The standard InChI is InChI=1S/C19H20Cl2F2N4S/c1-4-28-27(16-7-8-17(20)18(21)9-16)11-15-6-5-14(10-24-15)12(2)25-26-13(3)19(22)23/h5-10,19,25-26H,2-4,11H2,1H3. The van der Waals surface area contributed by atoms with Gasteiger partial charge in [-0.2, -0.15) is 0 Å². The Morgan fingerprint density at radius 1 is 1.18 bits per heavy atom. The maximum atomic E-state index is 12.4. The van der Waals surface area contributed by atoms with Crippen molar-refractivity contribution < 1.29 is 8.78 Å². The number of anilines is 1. The highest BCUT2D eigenvalue weighted by Gasteiger charge is 2.12. The second-order valence-corrected chi connectivity index (χ2v) is 7.74. The maximum absolute atomic E-state index is 12.4. The number of pyridine rings is 1. The Labute approximate surface area is 177 Å². The first-order valence-electron chi connectivity index (χ1n) is 8.30. The van der Waals surface area contributed by atoms with Crippen molar-refractivity contribution in [2.24, 2.45) is 0 Å². The predicted molar refractivity (Wildman–Crippen MR) is 115 cm³/mol. The number of nitrogens with zero attached hydrogens (tertiary/aromatic N) is 2. The van der Waals surface area contributed by atoms with E-state index in [0.717, 1.165) is 17.1 Å². The molecule has 0 bridgehead atoms. The molecule has 0 atom stereocenters. The molecule has 0 aliphatic heterocycles. The van der Waals surface area contributed by atoms with Crippen LogP contribution >= 0.6 is 35.1 Å². The molecule has 0 aliphatic carbocycles. The predicted octanol–water partition coefficient (Wildman–Crippen LogP) is 5.91. The van der Waals surface area contributed by atoms with E-state index in [2.05, 4.69) is 40.2 Å². The Bertz CT molecular complexity index is 831. The summed E-state index contributed by atoms with van der Waals surface area (Å²) in [6.45, 7) is 9.63. The maximum Gasteiger partial charge on any atom is 0.279 e. The van der Waals surface area contributed by atoms with E-state index >= 15 is 0 Å². The molecule has 0 saturated carbocycles. The highest BCUT2D eigenvalue weighted by molar-refractivity contribution is 8.00. The van der Waals surface area contributed by atoms with Crippen LogP contribution in [0, 0.1) is 0 Å². The first-order chi connectivity index (χ1) is 13.3. The van der Waals surface area contributed by atoms with Gasteiger partial charge in [0.2, 0.25) is 0 Å². The van der Waals surface area contributed by atoms with Crippen molar-refractivity contribution in [3.05, 3.63) is 76.7 Å². The van der Waals surface area contributed by atoms with Gasteiger partial charge in [0.25, 0.3) is 6.43 Å². The van der Waals surface area contributed by atoms with Crippen molar-refractivity contribution in [1.82, 2.24) is 15.8 Å². The Balaban J connectivity index is 2.05. The number of allylic oxidation sites excluding steroid dienone is 1. The SMILES string of the molecule is C=C(NNC(=C)C(F)F)c1ccc(CN(SCC)c2ccc(Cl)c(Cl)c2)nc1. The van der Waals surface area contributed by atoms with Crippen molar-refractivity contribution in [3.8, 4) is 0 Å². The Hall–Kier alpha value is -1.96.